The van der Waals surface area contributed by atoms with Crippen LogP contribution in [-0.2, 0) is 9.59 Å². The van der Waals surface area contributed by atoms with E-state index in [1.807, 2.05) is 12.1 Å². The molecule has 1 unspecified atom stereocenters. The standard InChI is InChI=1S/C16H16N2O4/c19-14-6-5-12(16(20)17-14)15-11-4-3-10(7-13(11)22-18-15)21-8-9-1-2-9/h3-4,7,9,12H,1-2,5-6,8H2,(H,17,19,20). The molecule has 1 aliphatic carbocycles. The molecule has 0 spiro atoms. The fourth-order valence-corrected chi connectivity index (χ4v) is 2.73. The lowest BCUT2D eigenvalue weighted by molar-refractivity contribution is -0.134. The van der Waals surface area contributed by atoms with Gasteiger partial charge in [-0.15, -0.1) is 0 Å². The van der Waals surface area contributed by atoms with Crippen molar-refractivity contribution in [1.29, 1.82) is 0 Å². The lowest BCUT2D eigenvalue weighted by Crippen LogP contribution is -2.39. The van der Waals surface area contributed by atoms with Gasteiger partial charge in [0.05, 0.1) is 12.5 Å². The predicted octanol–water partition coefficient (Wildman–Crippen LogP) is 2.14. The number of rotatable bonds is 4. The van der Waals surface area contributed by atoms with Gasteiger partial charge in [0, 0.05) is 17.9 Å². The SMILES string of the molecule is O=C1CCC(c2noc3cc(OCC4CC4)ccc23)C(=O)N1. The number of imide groups is 1. The lowest BCUT2D eigenvalue weighted by atomic mass is 9.93. The number of fused-ring (bicyclic) bond motifs is 1. The zero-order valence-electron chi connectivity index (χ0n) is 12.0. The second-order valence-corrected chi connectivity index (χ2v) is 5.98. The molecule has 1 saturated heterocycles. The maximum absolute atomic E-state index is 12.0. The van der Waals surface area contributed by atoms with Crippen LogP contribution in [0.2, 0.25) is 0 Å². The van der Waals surface area contributed by atoms with Crippen LogP contribution in [0.3, 0.4) is 0 Å². The van der Waals surface area contributed by atoms with Gasteiger partial charge in [0.15, 0.2) is 5.58 Å². The number of hydrogen-bond acceptors (Lipinski definition) is 5. The minimum Gasteiger partial charge on any atom is -0.493 e. The number of carbonyl (C=O) groups is 2. The van der Waals surface area contributed by atoms with Gasteiger partial charge >= 0.3 is 0 Å². The molecule has 6 heteroatoms. The summed E-state index contributed by atoms with van der Waals surface area (Å²) in [5, 5.41) is 7.19. The van der Waals surface area contributed by atoms with Crippen LogP contribution in [0, 0.1) is 5.92 Å². The molecule has 1 N–H and O–H groups in total. The van der Waals surface area contributed by atoms with Crippen LogP contribution in [-0.4, -0.2) is 23.6 Å². The zero-order valence-corrected chi connectivity index (χ0v) is 12.0. The number of amides is 2. The van der Waals surface area contributed by atoms with Crippen molar-refractivity contribution in [2.24, 2.45) is 5.92 Å². The van der Waals surface area contributed by atoms with Crippen LogP contribution in [0.4, 0.5) is 0 Å². The van der Waals surface area contributed by atoms with E-state index in [2.05, 4.69) is 10.5 Å². The smallest absolute Gasteiger partial charge is 0.235 e. The van der Waals surface area contributed by atoms with Crippen molar-refractivity contribution in [2.45, 2.75) is 31.6 Å². The molecule has 0 bridgehead atoms. The van der Waals surface area contributed by atoms with Crippen molar-refractivity contribution in [3.05, 3.63) is 23.9 Å². The zero-order chi connectivity index (χ0) is 15.1. The van der Waals surface area contributed by atoms with Gasteiger partial charge in [-0.1, -0.05) is 5.16 Å². The Labute approximate surface area is 126 Å². The molecule has 2 heterocycles. The molecule has 1 saturated carbocycles. The number of hydrogen-bond donors (Lipinski definition) is 1. The first-order chi connectivity index (χ1) is 10.7. The maximum Gasteiger partial charge on any atom is 0.235 e. The Balaban J connectivity index is 1.59. The fourth-order valence-electron chi connectivity index (χ4n) is 2.73. The van der Waals surface area contributed by atoms with Crippen LogP contribution in [0.5, 0.6) is 5.75 Å². The first-order valence-electron chi connectivity index (χ1n) is 7.56. The summed E-state index contributed by atoms with van der Waals surface area (Å²) in [5.74, 6) is 0.470. The van der Waals surface area contributed by atoms with Gasteiger partial charge in [0.2, 0.25) is 11.8 Å². The molecule has 1 aromatic carbocycles. The highest BCUT2D eigenvalue weighted by Crippen LogP contribution is 2.33. The highest BCUT2D eigenvalue weighted by molar-refractivity contribution is 6.02. The topological polar surface area (TPSA) is 81.4 Å². The van der Waals surface area contributed by atoms with E-state index in [-0.39, 0.29) is 11.8 Å². The Bertz CT molecular complexity index is 748. The third kappa shape index (κ3) is 2.45. The van der Waals surface area contributed by atoms with E-state index in [1.165, 1.54) is 12.8 Å². The predicted molar refractivity (Wildman–Crippen MR) is 77.4 cm³/mol. The van der Waals surface area contributed by atoms with Gasteiger partial charge in [0.25, 0.3) is 0 Å². The number of nitrogens with one attached hydrogen (secondary N) is 1. The minimum atomic E-state index is -0.433. The van der Waals surface area contributed by atoms with Gasteiger partial charge in [-0.25, -0.2) is 0 Å². The monoisotopic (exact) mass is 300 g/mol. The number of ether oxygens (including phenoxy) is 1. The number of benzene rings is 1. The van der Waals surface area contributed by atoms with Gasteiger partial charge in [-0.2, -0.15) is 0 Å². The molecular weight excluding hydrogens is 284 g/mol. The number of piperidine rings is 1. The van der Waals surface area contributed by atoms with E-state index in [0.717, 1.165) is 17.7 Å². The van der Waals surface area contributed by atoms with Crippen molar-refractivity contribution in [2.75, 3.05) is 6.61 Å². The van der Waals surface area contributed by atoms with E-state index in [9.17, 15) is 9.59 Å². The van der Waals surface area contributed by atoms with Crippen LogP contribution in [0.25, 0.3) is 11.0 Å². The maximum atomic E-state index is 12.0. The molecule has 2 aromatic rings. The second-order valence-electron chi connectivity index (χ2n) is 5.98. The van der Waals surface area contributed by atoms with Crippen LogP contribution >= 0.6 is 0 Å². The summed E-state index contributed by atoms with van der Waals surface area (Å²) in [7, 11) is 0. The normalized spacial score (nSPS) is 21.9. The highest BCUT2D eigenvalue weighted by atomic mass is 16.5. The Morgan fingerprint density at radius 1 is 1.27 bits per heavy atom. The van der Waals surface area contributed by atoms with Gasteiger partial charge < -0.3 is 9.26 Å². The Hall–Kier alpha value is -2.37. The van der Waals surface area contributed by atoms with Crippen LogP contribution in [0.15, 0.2) is 22.7 Å². The van der Waals surface area contributed by atoms with Gasteiger partial charge in [-0.05, 0) is 37.3 Å². The second kappa shape index (κ2) is 5.12. The van der Waals surface area contributed by atoms with Gasteiger partial charge in [0.1, 0.15) is 11.4 Å². The summed E-state index contributed by atoms with van der Waals surface area (Å²) >= 11 is 0. The van der Waals surface area contributed by atoms with E-state index >= 15 is 0 Å². The molecule has 2 fully saturated rings. The minimum absolute atomic E-state index is 0.232. The molecular formula is C16H16N2O4. The molecule has 4 rings (SSSR count). The van der Waals surface area contributed by atoms with Crippen LogP contribution < -0.4 is 10.1 Å². The number of carbonyl (C=O) groups excluding carboxylic acids is 2. The molecule has 0 radical (unpaired) electrons. The third-order valence-electron chi connectivity index (χ3n) is 4.22. The summed E-state index contributed by atoms with van der Waals surface area (Å²) in [4.78, 5) is 23.2. The number of aromatic nitrogens is 1. The molecule has 22 heavy (non-hydrogen) atoms. The molecule has 1 aromatic heterocycles. The first-order valence-corrected chi connectivity index (χ1v) is 7.56. The first kappa shape index (κ1) is 13.3. The average Bonchev–Trinajstić information content (AvgIpc) is 3.24. The highest BCUT2D eigenvalue weighted by Gasteiger charge is 2.31. The Morgan fingerprint density at radius 3 is 2.91 bits per heavy atom. The Morgan fingerprint density at radius 2 is 2.14 bits per heavy atom. The van der Waals surface area contributed by atoms with E-state index in [4.69, 9.17) is 9.26 Å². The third-order valence-corrected chi connectivity index (χ3v) is 4.22. The van der Waals surface area contributed by atoms with Gasteiger partial charge in [-0.3, -0.25) is 14.9 Å². The quantitative estimate of drug-likeness (QED) is 0.875. The van der Waals surface area contributed by atoms with E-state index < -0.39 is 5.92 Å². The molecule has 1 aliphatic heterocycles. The molecule has 1 atom stereocenters. The van der Waals surface area contributed by atoms with Crippen molar-refractivity contribution >= 4 is 22.8 Å². The molecule has 114 valence electrons. The van der Waals surface area contributed by atoms with E-state index in [1.54, 1.807) is 6.07 Å². The Kier molecular flexibility index (Phi) is 3.10. The van der Waals surface area contributed by atoms with Crippen LogP contribution in [0.1, 0.15) is 37.3 Å². The summed E-state index contributed by atoms with van der Waals surface area (Å²) in [6.45, 7) is 0.736. The molecule has 6 nitrogen and oxygen atoms in total. The number of nitrogens with zero attached hydrogens (tertiary/aromatic N) is 1. The summed E-state index contributed by atoms with van der Waals surface area (Å²) in [5.41, 5.74) is 1.20. The van der Waals surface area contributed by atoms with Crippen molar-refractivity contribution in [1.82, 2.24) is 10.5 Å². The summed E-state index contributed by atoms with van der Waals surface area (Å²) in [6, 6.07) is 5.55. The van der Waals surface area contributed by atoms with Crippen molar-refractivity contribution in [3.8, 4) is 5.75 Å². The summed E-state index contributed by atoms with van der Waals surface area (Å²) in [6.07, 6.45) is 3.27. The fraction of sp³-hybridized carbons (Fsp3) is 0.438. The average molecular weight is 300 g/mol. The van der Waals surface area contributed by atoms with Crippen molar-refractivity contribution in [3.63, 3.8) is 0 Å². The summed E-state index contributed by atoms with van der Waals surface area (Å²) < 4.78 is 11.1. The van der Waals surface area contributed by atoms with E-state index in [0.29, 0.717) is 30.0 Å². The molecule has 2 amide bonds. The lowest BCUT2D eigenvalue weighted by Gasteiger charge is -2.18. The van der Waals surface area contributed by atoms with Crippen molar-refractivity contribution < 1.29 is 18.8 Å². The largest absolute Gasteiger partial charge is 0.493 e. The molecule has 2 aliphatic rings.